The highest BCUT2D eigenvalue weighted by Crippen LogP contribution is 2.52. The molecule has 2 aliphatic carbocycles. The molecule has 5 heteroatoms. The molecule has 0 saturated carbocycles. The number of hydrogen-bond donors (Lipinski definition) is 0. The van der Waals surface area contributed by atoms with Crippen LogP contribution in [0.3, 0.4) is 0 Å². The van der Waals surface area contributed by atoms with E-state index in [4.69, 9.17) is 8.75 Å². The Morgan fingerprint density at radius 3 is 1.24 bits per heavy atom. The fourth-order valence-electron chi connectivity index (χ4n) is 8.25. The van der Waals surface area contributed by atoms with Crippen LogP contribution >= 0.6 is 34.4 Å². The Balaban J connectivity index is 0.977. The molecule has 49 heavy (non-hydrogen) atoms. The summed E-state index contributed by atoms with van der Waals surface area (Å²) in [5, 5.41) is 0. The van der Waals surface area contributed by atoms with Crippen molar-refractivity contribution in [2.75, 3.05) is 0 Å². The topological polar surface area (TPSA) is 25.8 Å². The van der Waals surface area contributed by atoms with Crippen molar-refractivity contribution in [3.8, 4) is 64.0 Å². The van der Waals surface area contributed by atoms with Gasteiger partial charge in [-0.25, -0.2) is 0 Å². The third kappa shape index (κ3) is 4.22. The van der Waals surface area contributed by atoms with Crippen LogP contribution in [-0.2, 0) is 10.8 Å². The van der Waals surface area contributed by atoms with Gasteiger partial charge in [0.2, 0.25) is 0 Å². The van der Waals surface area contributed by atoms with E-state index in [1.165, 1.54) is 86.9 Å². The van der Waals surface area contributed by atoms with Crippen molar-refractivity contribution in [3.63, 3.8) is 0 Å². The van der Waals surface area contributed by atoms with Crippen molar-refractivity contribution in [2.45, 2.75) is 38.5 Å². The van der Waals surface area contributed by atoms with Crippen LogP contribution in [0.1, 0.15) is 49.9 Å². The zero-order valence-corrected chi connectivity index (χ0v) is 30.1. The van der Waals surface area contributed by atoms with Crippen molar-refractivity contribution >= 4 is 45.4 Å². The summed E-state index contributed by atoms with van der Waals surface area (Å²) >= 11 is 4.97. The molecule has 0 aliphatic heterocycles. The van der Waals surface area contributed by atoms with Crippen molar-refractivity contribution < 1.29 is 0 Å². The molecule has 0 spiro atoms. The molecule has 0 N–H and O–H groups in total. The van der Waals surface area contributed by atoms with Gasteiger partial charge in [0.15, 0.2) is 0 Å². The predicted octanol–water partition coefficient (Wildman–Crippen LogP) is 13.1. The molecule has 2 aliphatic rings. The summed E-state index contributed by atoms with van der Waals surface area (Å²) in [5.74, 6) is 0. The highest BCUT2D eigenvalue weighted by molar-refractivity contribution is 7.19. The first kappa shape index (κ1) is 29.3. The molecule has 0 amide bonds. The lowest BCUT2D eigenvalue weighted by atomic mass is 9.82. The predicted molar refractivity (Wildman–Crippen MR) is 210 cm³/mol. The van der Waals surface area contributed by atoms with Gasteiger partial charge in [-0.15, -0.1) is 22.7 Å². The normalized spacial score (nSPS) is 14.9. The van der Waals surface area contributed by atoms with Crippen LogP contribution in [0.4, 0.5) is 0 Å². The smallest absolute Gasteiger partial charge is 0.114 e. The van der Waals surface area contributed by atoms with Crippen molar-refractivity contribution in [3.05, 3.63) is 144 Å². The van der Waals surface area contributed by atoms with Gasteiger partial charge in [0.1, 0.15) is 11.0 Å². The summed E-state index contributed by atoms with van der Waals surface area (Å²) in [4.78, 5) is 4.98. The molecule has 0 bridgehead atoms. The van der Waals surface area contributed by atoms with Gasteiger partial charge in [0.05, 0.1) is 11.7 Å². The third-order valence-electron chi connectivity index (χ3n) is 10.9. The maximum absolute atomic E-state index is 4.83. The molecule has 0 atom stereocenters. The molecule has 5 aromatic carbocycles. The van der Waals surface area contributed by atoms with E-state index in [0.717, 1.165) is 22.2 Å². The highest BCUT2D eigenvalue weighted by Gasteiger charge is 2.36. The molecule has 0 saturated heterocycles. The highest BCUT2D eigenvalue weighted by atomic mass is 32.1. The zero-order chi connectivity index (χ0) is 33.1. The Labute approximate surface area is 298 Å². The second-order valence-corrected chi connectivity index (χ2v) is 17.0. The summed E-state index contributed by atoms with van der Waals surface area (Å²) in [5.41, 5.74) is 17.8. The number of aromatic nitrogens is 2. The fraction of sp³-hybridized carbons (Fsp3) is 0.136. The monoisotopic (exact) mass is 684 g/mol. The summed E-state index contributed by atoms with van der Waals surface area (Å²) in [6.07, 6.45) is 0. The van der Waals surface area contributed by atoms with E-state index in [-0.39, 0.29) is 10.8 Å². The Bertz CT molecular complexity index is 2450. The minimum Gasteiger partial charge on any atom is -0.172 e. The van der Waals surface area contributed by atoms with E-state index in [2.05, 4.69) is 149 Å². The van der Waals surface area contributed by atoms with Gasteiger partial charge in [0, 0.05) is 41.5 Å². The van der Waals surface area contributed by atoms with Gasteiger partial charge in [0.25, 0.3) is 0 Å². The van der Waals surface area contributed by atoms with Crippen LogP contribution in [-0.4, -0.2) is 8.75 Å². The largest absolute Gasteiger partial charge is 0.172 e. The first-order valence-electron chi connectivity index (χ1n) is 16.7. The maximum atomic E-state index is 4.83. The van der Waals surface area contributed by atoms with Crippen LogP contribution < -0.4 is 0 Å². The summed E-state index contributed by atoms with van der Waals surface area (Å²) < 4.78 is 9.67. The molecule has 0 radical (unpaired) electrons. The van der Waals surface area contributed by atoms with Gasteiger partial charge >= 0.3 is 0 Å². The first-order valence-corrected chi connectivity index (χ1v) is 19.1. The molecule has 3 aromatic heterocycles. The fourth-order valence-corrected chi connectivity index (χ4v) is 10.9. The van der Waals surface area contributed by atoms with E-state index < -0.39 is 0 Å². The van der Waals surface area contributed by atoms with Crippen LogP contribution in [0.25, 0.3) is 75.0 Å². The maximum Gasteiger partial charge on any atom is 0.114 e. The lowest BCUT2D eigenvalue weighted by molar-refractivity contribution is 0.660. The minimum atomic E-state index is -0.0130. The zero-order valence-electron chi connectivity index (χ0n) is 27.7. The minimum absolute atomic E-state index is 0.0130. The van der Waals surface area contributed by atoms with Crippen molar-refractivity contribution in [1.82, 2.24) is 8.75 Å². The van der Waals surface area contributed by atoms with Crippen molar-refractivity contribution in [1.29, 1.82) is 0 Å². The van der Waals surface area contributed by atoms with Gasteiger partial charge in [-0.05, 0) is 92.0 Å². The Morgan fingerprint density at radius 2 is 0.776 bits per heavy atom. The molecule has 3 heterocycles. The average Bonchev–Trinajstić information content (AvgIpc) is 3.96. The average molecular weight is 685 g/mol. The van der Waals surface area contributed by atoms with Crippen molar-refractivity contribution in [2.24, 2.45) is 0 Å². The number of hydrogen-bond acceptors (Lipinski definition) is 5. The lowest BCUT2D eigenvalue weighted by Gasteiger charge is -2.21. The Morgan fingerprint density at radius 1 is 0.388 bits per heavy atom. The molecule has 0 fully saturated rings. The molecule has 2 nitrogen and oxygen atoms in total. The number of thiophene rings is 2. The summed E-state index contributed by atoms with van der Waals surface area (Å²) in [6, 6.07) is 45.2. The summed E-state index contributed by atoms with van der Waals surface area (Å²) in [6.45, 7) is 9.38. The number of fused-ring (bicyclic) bond motifs is 7. The van der Waals surface area contributed by atoms with Crippen LogP contribution in [0.15, 0.2) is 121 Å². The number of benzene rings is 5. The van der Waals surface area contributed by atoms with Crippen LogP contribution in [0.5, 0.6) is 0 Å². The molecule has 8 aromatic rings. The number of rotatable bonds is 4. The van der Waals surface area contributed by atoms with E-state index in [1.807, 2.05) is 22.7 Å². The van der Waals surface area contributed by atoms with Crippen LogP contribution in [0, 0.1) is 0 Å². The standard InChI is InChI=1S/C44H32N2S3/c1-43(2)33-11-7-5-9-27(33)29-15-13-25(23-35(29)43)37-19-21-39(47-37)31-17-18-32(42-41(31)45-49-46-42)40-22-20-38(48-40)26-14-16-30-28-10-6-8-12-34(28)44(3,4)36(30)24-26/h5-24H,1-4H3. The molecule has 236 valence electrons. The van der Waals surface area contributed by atoms with E-state index in [9.17, 15) is 0 Å². The van der Waals surface area contributed by atoms with Crippen LogP contribution in [0.2, 0.25) is 0 Å². The second kappa shape index (κ2) is 10.4. The number of nitrogens with zero attached hydrogens (tertiary/aromatic N) is 2. The molecule has 0 unspecified atom stereocenters. The van der Waals surface area contributed by atoms with Gasteiger partial charge in [-0.1, -0.05) is 113 Å². The van der Waals surface area contributed by atoms with E-state index in [1.54, 1.807) is 0 Å². The second-order valence-electron chi connectivity index (χ2n) is 14.3. The van der Waals surface area contributed by atoms with Gasteiger partial charge in [-0.2, -0.15) is 8.75 Å². The molecular weight excluding hydrogens is 653 g/mol. The van der Waals surface area contributed by atoms with Gasteiger partial charge < -0.3 is 0 Å². The summed E-state index contributed by atoms with van der Waals surface area (Å²) in [7, 11) is 0. The molecular formula is C44H32N2S3. The Hall–Kier alpha value is -4.68. The van der Waals surface area contributed by atoms with Gasteiger partial charge in [-0.3, -0.25) is 0 Å². The SMILES string of the molecule is CC1(C)c2ccccc2-c2ccc(-c3ccc(-c4ccc(-c5ccc(-c6ccc7c(c6)C(C)(C)c6ccccc6-7)s5)c5nsnc45)s3)cc21. The Kier molecular flexibility index (Phi) is 6.22. The molecule has 10 rings (SSSR count). The van der Waals surface area contributed by atoms with E-state index >= 15 is 0 Å². The first-order chi connectivity index (χ1) is 23.8. The lowest BCUT2D eigenvalue weighted by Crippen LogP contribution is -2.14. The third-order valence-corrected chi connectivity index (χ3v) is 13.8. The quantitative estimate of drug-likeness (QED) is 0.184. The van der Waals surface area contributed by atoms with E-state index in [0.29, 0.717) is 0 Å².